The molecule has 15 N–H and O–H groups in total. The largest absolute Gasteiger partial charge is 0.449 e. The predicted octanol–water partition coefficient (Wildman–Crippen LogP) is 6.45. The molecule has 0 unspecified atom stereocenters. The van der Waals surface area contributed by atoms with Crippen LogP contribution in [0.5, 0.6) is 0 Å². The summed E-state index contributed by atoms with van der Waals surface area (Å²) in [6, 6.07) is 38.1. The second kappa shape index (κ2) is 33.0. The first-order valence-corrected chi connectivity index (χ1v) is 33.4. The monoisotopic (exact) mass is 1350 g/mol. The number of rotatable bonds is 32. The van der Waals surface area contributed by atoms with Crippen LogP contribution in [-0.2, 0) is 73.6 Å². The number of benzene rings is 6. The van der Waals surface area contributed by atoms with Gasteiger partial charge in [-0.3, -0.25) is 43.2 Å². The minimum absolute atomic E-state index is 0.00285. The molecule has 518 valence electrons. The van der Waals surface area contributed by atoms with E-state index in [1.165, 1.54) is 0 Å². The molecular formula is C76H83N13O11. The van der Waals surface area contributed by atoms with Crippen molar-refractivity contribution in [3.63, 3.8) is 0 Å². The van der Waals surface area contributed by atoms with Crippen LogP contribution in [0.3, 0.4) is 0 Å². The molecular weight excluding hydrogens is 1270 g/mol. The molecule has 0 radical (unpaired) electrons. The van der Waals surface area contributed by atoms with Gasteiger partial charge in [0.2, 0.25) is 47.3 Å². The number of alkyl carbamates (subject to hydrolysis) is 1. The second-order valence-electron chi connectivity index (χ2n) is 25.3. The van der Waals surface area contributed by atoms with Crippen LogP contribution in [0.25, 0.3) is 43.8 Å². The van der Waals surface area contributed by atoms with Crippen molar-refractivity contribution in [3.05, 3.63) is 215 Å². The first-order chi connectivity index (χ1) is 48.2. The lowest BCUT2D eigenvalue weighted by Crippen LogP contribution is -2.60. The molecule has 6 aromatic carbocycles. The number of hydrogen-bond acceptors (Lipinski definition) is 11. The van der Waals surface area contributed by atoms with E-state index >= 15 is 4.79 Å². The molecule has 24 nitrogen and oxygen atoms in total. The lowest BCUT2D eigenvalue weighted by molar-refractivity contribution is -0.136. The standard InChI is InChI=1S/C76H83N13O11/c1-5-45(6-2)68(89-67(91)41-82-70(93)62(34-46-38-79-57-29-17-14-22-49(46)57)88-76(99)100-42-56-54-27-12-10-25-52(54)53-26-11-13-28-55(53)56)75(98)87-61(32-43(3)4)71(94)84-64(36-48-40-81-59-31-19-16-24-51(48)59)73(96)86-65(37-66(77)90)74(97)85-63(35-47-39-80-58-30-18-15-23-50(47)58)72(95)83-60(69(78)92)33-44-20-8-7-9-21-44/h7-31,38-40,43,56,60-65,79-81H,5-6,32-37,41-42H2,1-4H3,(H2,77,90)(H2,78,92)(H,82,93)(H,83,95)(H,84,94)(H,85,97)(H,86,96)(H,87,98)(H,88,99)(H,89,91)/t60-,61-,62-,63-,64-,65-/m0/s1. The summed E-state index contributed by atoms with van der Waals surface area (Å²) < 4.78 is 5.86. The smallest absolute Gasteiger partial charge is 0.407 e. The van der Waals surface area contributed by atoms with Gasteiger partial charge < -0.3 is 73.7 Å². The van der Waals surface area contributed by atoms with Crippen LogP contribution >= 0.6 is 0 Å². The fourth-order valence-corrected chi connectivity index (χ4v) is 12.9. The van der Waals surface area contributed by atoms with Gasteiger partial charge in [-0.05, 0) is 93.5 Å². The van der Waals surface area contributed by atoms with Crippen LogP contribution in [0.1, 0.15) is 92.7 Å². The summed E-state index contributed by atoms with van der Waals surface area (Å²) in [5, 5.41) is 23.9. The average Bonchev–Trinajstić information content (AvgIpc) is 1.62. The topological polar surface area (TPSA) is 376 Å². The molecule has 0 fully saturated rings. The molecule has 0 aliphatic heterocycles. The average molecular weight is 1350 g/mol. The molecule has 0 spiro atoms. The molecule has 6 atom stereocenters. The SMILES string of the molecule is CCC(CC)=C(NC(=O)CNC(=O)[C@H](Cc1c[nH]c2ccccc12)NC(=O)OCC1c2ccccc2-c2ccccc21)C(=O)N[C@@H](CC(C)C)C(=O)N[C@@H](Cc1c[nH]c2ccccc12)C(=O)N[C@@H](CC(N)=O)C(=O)N[C@@H](Cc1c[nH]c2ccccc12)C(=O)N[C@@H](Cc1ccccc1)C(N)=O. The predicted molar refractivity (Wildman–Crippen MR) is 379 cm³/mol. The highest BCUT2D eigenvalue weighted by atomic mass is 16.5. The van der Waals surface area contributed by atoms with Gasteiger partial charge in [0.25, 0.3) is 5.91 Å². The van der Waals surface area contributed by atoms with Gasteiger partial charge in [-0.1, -0.05) is 161 Å². The number of allylic oxidation sites excluding steroid dienone is 1. The molecule has 10 rings (SSSR count). The van der Waals surface area contributed by atoms with Crippen molar-refractivity contribution in [2.24, 2.45) is 17.4 Å². The summed E-state index contributed by atoms with van der Waals surface area (Å²) in [5.74, 6) is -8.31. The molecule has 0 saturated carbocycles. The summed E-state index contributed by atoms with van der Waals surface area (Å²) in [6.45, 7) is 6.54. The fourth-order valence-electron chi connectivity index (χ4n) is 12.9. The number of aromatic amines is 3. The zero-order valence-electron chi connectivity index (χ0n) is 56.0. The Morgan fingerprint density at radius 3 is 1.38 bits per heavy atom. The number of primary amides is 2. The third kappa shape index (κ3) is 17.7. The number of carbonyl (C=O) groups is 10. The number of para-hydroxylation sites is 3. The number of nitrogens with one attached hydrogen (secondary N) is 11. The number of aromatic nitrogens is 3. The molecule has 10 amide bonds. The van der Waals surface area contributed by atoms with Gasteiger partial charge >= 0.3 is 6.09 Å². The number of ether oxygens (including phenoxy) is 1. The number of amides is 10. The van der Waals surface area contributed by atoms with Crippen LogP contribution in [0.2, 0.25) is 0 Å². The van der Waals surface area contributed by atoms with Crippen molar-refractivity contribution in [3.8, 4) is 11.1 Å². The van der Waals surface area contributed by atoms with Crippen molar-refractivity contribution >= 4 is 92.0 Å². The van der Waals surface area contributed by atoms with E-state index < -0.39 is 108 Å². The van der Waals surface area contributed by atoms with Crippen LogP contribution in [0.15, 0.2) is 182 Å². The van der Waals surface area contributed by atoms with Crippen molar-refractivity contribution < 1.29 is 52.7 Å². The number of H-pyrrole nitrogens is 3. The van der Waals surface area contributed by atoms with Crippen molar-refractivity contribution in [2.75, 3.05) is 13.2 Å². The maximum Gasteiger partial charge on any atom is 0.407 e. The Morgan fingerprint density at radius 2 is 0.900 bits per heavy atom. The lowest BCUT2D eigenvalue weighted by Gasteiger charge is -2.27. The number of hydrogen-bond donors (Lipinski definition) is 13. The highest BCUT2D eigenvalue weighted by Crippen LogP contribution is 2.44. The van der Waals surface area contributed by atoms with Crippen LogP contribution in [0.4, 0.5) is 4.79 Å². The van der Waals surface area contributed by atoms with E-state index in [1.54, 1.807) is 74.9 Å². The van der Waals surface area contributed by atoms with Crippen LogP contribution < -0.4 is 54.0 Å². The highest BCUT2D eigenvalue weighted by molar-refractivity contribution is 6.03. The van der Waals surface area contributed by atoms with Crippen molar-refractivity contribution in [1.29, 1.82) is 0 Å². The first-order valence-electron chi connectivity index (χ1n) is 33.4. The van der Waals surface area contributed by atoms with Gasteiger partial charge in [-0.2, -0.15) is 0 Å². The second-order valence-corrected chi connectivity index (χ2v) is 25.3. The van der Waals surface area contributed by atoms with Crippen LogP contribution in [0, 0.1) is 5.92 Å². The molecule has 3 aromatic heterocycles. The van der Waals surface area contributed by atoms with Gasteiger partial charge in [-0.25, -0.2) is 4.79 Å². The fraction of sp³-hybridized carbons (Fsp3) is 0.289. The zero-order chi connectivity index (χ0) is 71.0. The Morgan fingerprint density at radius 1 is 0.470 bits per heavy atom. The Balaban J connectivity index is 0.846. The Labute approximate surface area is 577 Å². The van der Waals surface area contributed by atoms with Gasteiger partial charge in [0.1, 0.15) is 48.6 Å². The minimum atomic E-state index is -1.74. The zero-order valence-corrected chi connectivity index (χ0v) is 56.0. The molecule has 1 aliphatic rings. The van der Waals surface area contributed by atoms with Crippen LogP contribution in [-0.4, -0.2) is 124 Å². The van der Waals surface area contributed by atoms with E-state index in [-0.39, 0.29) is 69.1 Å². The summed E-state index contributed by atoms with van der Waals surface area (Å²) >= 11 is 0. The molecule has 0 bridgehead atoms. The highest BCUT2D eigenvalue weighted by Gasteiger charge is 2.36. The lowest BCUT2D eigenvalue weighted by atomic mass is 9.98. The summed E-state index contributed by atoms with van der Waals surface area (Å²) in [4.78, 5) is 151. The molecule has 0 saturated heterocycles. The quantitative estimate of drug-likeness (QED) is 0.0203. The molecule has 3 heterocycles. The minimum Gasteiger partial charge on any atom is -0.449 e. The molecule has 1 aliphatic carbocycles. The van der Waals surface area contributed by atoms with Gasteiger partial charge in [0, 0.05) is 82.9 Å². The van der Waals surface area contributed by atoms with E-state index in [0.29, 0.717) is 38.7 Å². The van der Waals surface area contributed by atoms with E-state index in [0.717, 1.165) is 44.1 Å². The van der Waals surface area contributed by atoms with Gasteiger partial charge in [0.05, 0.1) is 13.0 Å². The first kappa shape index (κ1) is 71.0. The van der Waals surface area contributed by atoms with Gasteiger partial charge in [-0.15, -0.1) is 0 Å². The molecule has 24 heteroatoms. The number of carbonyl (C=O) groups excluding carboxylic acids is 10. The van der Waals surface area contributed by atoms with E-state index in [1.807, 2.05) is 123 Å². The van der Waals surface area contributed by atoms with Crippen molar-refractivity contribution in [1.82, 2.24) is 57.5 Å². The number of nitrogens with two attached hydrogens (primary N) is 2. The summed E-state index contributed by atoms with van der Waals surface area (Å²) in [5.41, 5.74) is 20.8. The normalized spacial score (nSPS) is 13.5. The Kier molecular flexibility index (Phi) is 23.4. The maximum absolute atomic E-state index is 15.0. The maximum atomic E-state index is 15.0. The molecule has 9 aromatic rings. The summed E-state index contributed by atoms with van der Waals surface area (Å²) in [6.07, 6.45) is 3.75. The third-order valence-corrected chi connectivity index (χ3v) is 17.9. The Hall–Kier alpha value is -11.8. The summed E-state index contributed by atoms with van der Waals surface area (Å²) in [7, 11) is 0. The number of fused-ring (bicyclic) bond motifs is 6. The van der Waals surface area contributed by atoms with E-state index in [9.17, 15) is 43.2 Å². The third-order valence-electron chi connectivity index (χ3n) is 17.9. The van der Waals surface area contributed by atoms with Gasteiger partial charge in [0.15, 0.2) is 0 Å². The van der Waals surface area contributed by atoms with Crippen molar-refractivity contribution in [2.45, 2.75) is 121 Å². The molecule has 100 heavy (non-hydrogen) atoms. The van der Waals surface area contributed by atoms with E-state index in [4.69, 9.17) is 16.2 Å². The van der Waals surface area contributed by atoms with E-state index in [2.05, 4.69) is 57.5 Å². The Bertz CT molecular complexity index is 4480.